The SMILES string of the molecule is CCCCCCc1cc(-c2sc(-c3cn(CCOCCOC)nn3)cc2CCCCCC)sc1Br. The van der Waals surface area contributed by atoms with Gasteiger partial charge in [-0.25, -0.2) is 4.68 Å². The van der Waals surface area contributed by atoms with E-state index in [4.69, 9.17) is 9.47 Å². The summed E-state index contributed by atoms with van der Waals surface area (Å²) in [7, 11) is 1.68. The van der Waals surface area contributed by atoms with Gasteiger partial charge in [0.1, 0.15) is 5.69 Å². The zero-order valence-corrected chi connectivity index (χ0v) is 24.7. The highest BCUT2D eigenvalue weighted by atomic mass is 79.9. The molecular weight excluding hydrogens is 542 g/mol. The largest absolute Gasteiger partial charge is 0.382 e. The molecule has 0 N–H and O–H groups in total. The average molecular weight is 583 g/mol. The van der Waals surface area contributed by atoms with E-state index in [1.807, 2.05) is 33.6 Å². The normalized spacial score (nSPS) is 11.5. The Morgan fingerprint density at radius 3 is 2.29 bits per heavy atom. The number of hydrogen-bond acceptors (Lipinski definition) is 6. The Morgan fingerprint density at radius 2 is 1.57 bits per heavy atom. The molecule has 3 heterocycles. The summed E-state index contributed by atoms with van der Waals surface area (Å²) < 4.78 is 13.8. The lowest BCUT2D eigenvalue weighted by atomic mass is 10.0. The highest BCUT2D eigenvalue weighted by Crippen LogP contribution is 2.44. The van der Waals surface area contributed by atoms with Gasteiger partial charge in [0.05, 0.1) is 41.2 Å². The average Bonchev–Trinajstić information content (AvgIpc) is 3.58. The standard InChI is InChI=1S/C27H40BrN3O2S2/c1-4-6-8-10-12-21-18-24(23-20-31(30-29-23)14-15-33-17-16-32-3)34-26(21)25-19-22(27(28)35-25)13-11-9-7-5-2/h18-20H,4-17H2,1-3H3. The van der Waals surface area contributed by atoms with E-state index in [9.17, 15) is 0 Å². The topological polar surface area (TPSA) is 49.2 Å². The summed E-state index contributed by atoms with van der Waals surface area (Å²) >= 11 is 7.59. The highest BCUT2D eigenvalue weighted by molar-refractivity contribution is 9.11. The fourth-order valence-corrected chi connectivity index (χ4v) is 7.11. The Balaban J connectivity index is 1.74. The molecular formula is C27H40BrN3O2S2. The number of nitrogens with zero attached hydrogens (tertiary/aromatic N) is 3. The van der Waals surface area contributed by atoms with Gasteiger partial charge in [0.2, 0.25) is 0 Å². The summed E-state index contributed by atoms with van der Waals surface area (Å²) in [5.74, 6) is 0. The molecule has 3 aromatic rings. The van der Waals surface area contributed by atoms with Gasteiger partial charge >= 0.3 is 0 Å². The number of hydrogen-bond donors (Lipinski definition) is 0. The number of rotatable bonds is 18. The first-order chi connectivity index (χ1) is 17.2. The third-order valence-corrected chi connectivity index (χ3v) is 9.42. The third-order valence-electron chi connectivity index (χ3n) is 6.08. The first kappa shape index (κ1) is 28.5. The molecule has 8 heteroatoms. The quantitative estimate of drug-likeness (QED) is 0.141. The first-order valence-electron chi connectivity index (χ1n) is 13.0. The van der Waals surface area contributed by atoms with Crippen molar-refractivity contribution in [3.8, 4) is 20.3 Å². The van der Waals surface area contributed by atoms with Gasteiger partial charge < -0.3 is 9.47 Å². The zero-order valence-electron chi connectivity index (χ0n) is 21.5. The van der Waals surface area contributed by atoms with E-state index in [0.29, 0.717) is 26.4 Å². The minimum atomic E-state index is 0.602. The van der Waals surface area contributed by atoms with Crippen LogP contribution in [0.1, 0.15) is 76.3 Å². The number of unbranched alkanes of at least 4 members (excludes halogenated alkanes) is 6. The number of halogens is 1. The molecule has 3 aromatic heterocycles. The fourth-order valence-electron chi connectivity index (χ4n) is 4.05. The first-order valence-corrected chi connectivity index (χ1v) is 15.5. The number of methoxy groups -OCH3 is 1. The van der Waals surface area contributed by atoms with Crippen LogP contribution in [0.15, 0.2) is 22.1 Å². The van der Waals surface area contributed by atoms with Gasteiger partial charge in [-0.3, -0.25) is 0 Å². The van der Waals surface area contributed by atoms with E-state index in [-0.39, 0.29) is 0 Å². The van der Waals surface area contributed by atoms with Gasteiger partial charge in [0, 0.05) is 16.9 Å². The summed E-state index contributed by atoms with van der Waals surface area (Å²) in [6, 6.07) is 4.77. The monoisotopic (exact) mass is 581 g/mol. The molecule has 35 heavy (non-hydrogen) atoms. The lowest BCUT2D eigenvalue weighted by molar-refractivity contribution is 0.0652. The smallest absolute Gasteiger partial charge is 0.123 e. The van der Waals surface area contributed by atoms with Crippen LogP contribution in [0.4, 0.5) is 0 Å². The molecule has 0 bridgehead atoms. The second-order valence-electron chi connectivity index (χ2n) is 8.97. The zero-order chi connectivity index (χ0) is 24.9. The maximum Gasteiger partial charge on any atom is 0.123 e. The third kappa shape index (κ3) is 9.08. The van der Waals surface area contributed by atoms with Gasteiger partial charge in [-0.05, 0) is 64.9 Å². The molecule has 0 aromatic carbocycles. The van der Waals surface area contributed by atoms with Crippen molar-refractivity contribution in [1.82, 2.24) is 15.0 Å². The summed E-state index contributed by atoms with van der Waals surface area (Å²) in [5.41, 5.74) is 3.85. The number of thiophene rings is 2. The summed E-state index contributed by atoms with van der Waals surface area (Å²) in [6.45, 7) is 7.05. The van der Waals surface area contributed by atoms with Crippen LogP contribution in [0, 0.1) is 0 Å². The molecule has 5 nitrogen and oxygen atoms in total. The van der Waals surface area contributed by atoms with Gasteiger partial charge in [0.15, 0.2) is 0 Å². The molecule has 0 aliphatic carbocycles. The van der Waals surface area contributed by atoms with Crippen LogP contribution in [0.5, 0.6) is 0 Å². The molecule has 0 saturated carbocycles. The van der Waals surface area contributed by atoms with Crippen molar-refractivity contribution in [2.24, 2.45) is 0 Å². The number of aryl methyl sites for hydroxylation is 2. The van der Waals surface area contributed by atoms with Gasteiger partial charge in [-0.1, -0.05) is 57.6 Å². The molecule has 0 aliphatic heterocycles. The summed E-state index contributed by atoms with van der Waals surface area (Å²) in [6.07, 6.45) is 14.6. The van der Waals surface area contributed by atoms with Crippen LogP contribution in [-0.4, -0.2) is 41.9 Å². The number of ether oxygens (including phenoxy) is 2. The summed E-state index contributed by atoms with van der Waals surface area (Å²) in [4.78, 5) is 3.98. The Morgan fingerprint density at radius 1 is 0.857 bits per heavy atom. The van der Waals surface area contributed by atoms with Crippen LogP contribution in [0.2, 0.25) is 0 Å². The molecule has 0 radical (unpaired) electrons. The van der Waals surface area contributed by atoms with E-state index < -0.39 is 0 Å². The Labute approximate surface area is 227 Å². The van der Waals surface area contributed by atoms with Gasteiger partial charge in [0.25, 0.3) is 0 Å². The van der Waals surface area contributed by atoms with E-state index in [2.05, 4.69) is 52.2 Å². The van der Waals surface area contributed by atoms with Crippen molar-refractivity contribution < 1.29 is 9.47 Å². The van der Waals surface area contributed by atoms with Crippen molar-refractivity contribution in [1.29, 1.82) is 0 Å². The Bertz CT molecular complexity index is 999. The second-order valence-corrected chi connectivity index (χ2v) is 12.4. The Kier molecular flexibility index (Phi) is 13.0. The lowest BCUT2D eigenvalue weighted by Crippen LogP contribution is -2.09. The number of aromatic nitrogens is 3. The summed E-state index contributed by atoms with van der Waals surface area (Å²) in [5, 5.41) is 8.81. The molecule has 0 unspecified atom stereocenters. The fraction of sp³-hybridized carbons (Fsp3) is 0.630. The van der Waals surface area contributed by atoms with Crippen LogP contribution in [-0.2, 0) is 28.9 Å². The van der Waals surface area contributed by atoms with Crippen LogP contribution in [0.25, 0.3) is 20.3 Å². The van der Waals surface area contributed by atoms with Crippen molar-refractivity contribution in [3.63, 3.8) is 0 Å². The maximum atomic E-state index is 5.58. The van der Waals surface area contributed by atoms with E-state index in [1.54, 1.807) is 7.11 Å². The molecule has 0 saturated heterocycles. The van der Waals surface area contributed by atoms with E-state index in [0.717, 1.165) is 18.5 Å². The molecule has 0 fully saturated rings. The highest BCUT2D eigenvalue weighted by Gasteiger charge is 2.18. The predicted molar refractivity (Wildman–Crippen MR) is 153 cm³/mol. The minimum Gasteiger partial charge on any atom is -0.382 e. The van der Waals surface area contributed by atoms with E-state index >= 15 is 0 Å². The maximum absolute atomic E-state index is 5.58. The minimum absolute atomic E-state index is 0.602. The van der Waals surface area contributed by atoms with E-state index in [1.165, 1.54) is 80.9 Å². The molecule has 194 valence electrons. The van der Waals surface area contributed by atoms with Crippen LogP contribution < -0.4 is 0 Å². The van der Waals surface area contributed by atoms with Crippen molar-refractivity contribution in [3.05, 3.63) is 33.2 Å². The van der Waals surface area contributed by atoms with Gasteiger partial charge in [-0.15, -0.1) is 27.8 Å². The van der Waals surface area contributed by atoms with Crippen molar-refractivity contribution in [2.45, 2.75) is 84.6 Å². The molecule has 0 atom stereocenters. The second kappa shape index (κ2) is 15.9. The molecule has 3 rings (SSSR count). The Hall–Kier alpha value is -1.06. The molecule has 0 amide bonds. The van der Waals surface area contributed by atoms with Crippen LogP contribution in [0.3, 0.4) is 0 Å². The van der Waals surface area contributed by atoms with Crippen molar-refractivity contribution >= 4 is 38.6 Å². The lowest BCUT2D eigenvalue weighted by Gasteiger charge is -2.02. The molecule has 0 spiro atoms. The van der Waals surface area contributed by atoms with Crippen molar-refractivity contribution in [2.75, 3.05) is 26.9 Å². The molecule has 0 aliphatic rings. The predicted octanol–water partition coefficient (Wildman–Crippen LogP) is 8.41. The van der Waals surface area contributed by atoms with Crippen LogP contribution >= 0.6 is 38.6 Å². The van der Waals surface area contributed by atoms with Gasteiger partial charge in [-0.2, -0.15) is 0 Å².